The molecule has 0 N–H and O–H groups in total. The van der Waals surface area contributed by atoms with Crippen molar-refractivity contribution in [3.63, 3.8) is 0 Å². The highest BCUT2D eigenvalue weighted by Gasteiger charge is 2.15. The minimum absolute atomic E-state index is 0.341. The lowest BCUT2D eigenvalue weighted by molar-refractivity contribution is 0.0733. The molecular formula is C15H12Cl2O2. The summed E-state index contributed by atoms with van der Waals surface area (Å²) in [6.45, 7) is 1.95. The Hall–Kier alpha value is -1.51. The van der Waals surface area contributed by atoms with Crippen LogP contribution in [-0.4, -0.2) is 5.97 Å². The molecule has 2 nitrogen and oxygen atoms in total. The molecule has 19 heavy (non-hydrogen) atoms. The summed E-state index contributed by atoms with van der Waals surface area (Å²) in [4.78, 5) is 12.0. The number of aryl methyl sites for hydroxylation is 1. The zero-order chi connectivity index (χ0) is 13.8. The Labute approximate surface area is 121 Å². The van der Waals surface area contributed by atoms with Crippen LogP contribution >= 0.6 is 23.2 Å². The Balaban J connectivity index is 2.31. The molecule has 0 aliphatic carbocycles. The Morgan fingerprint density at radius 1 is 1.16 bits per heavy atom. The van der Waals surface area contributed by atoms with Crippen LogP contribution in [0, 0.1) is 0 Å². The fourth-order valence-corrected chi connectivity index (χ4v) is 2.29. The van der Waals surface area contributed by atoms with E-state index in [0.717, 1.165) is 5.56 Å². The van der Waals surface area contributed by atoms with Crippen LogP contribution in [0.4, 0.5) is 0 Å². The molecule has 0 aliphatic rings. The van der Waals surface area contributed by atoms with Gasteiger partial charge in [0.25, 0.3) is 0 Å². The van der Waals surface area contributed by atoms with Gasteiger partial charge in [0.2, 0.25) is 0 Å². The normalized spacial score (nSPS) is 10.3. The van der Waals surface area contributed by atoms with Crippen LogP contribution in [0.3, 0.4) is 0 Å². The molecule has 0 aromatic heterocycles. The minimum atomic E-state index is -0.431. The number of hydrogen-bond acceptors (Lipinski definition) is 2. The first-order chi connectivity index (χ1) is 9.11. The molecule has 0 bridgehead atoms. The highest BCUT2D eigenvalue weighted by molar-refractivity contribution is 6.35. The predicted molar refractivity (Wildman–Crippen MR) is 77.2 cm³/mol. The summed E-state index contributed by atoms with van der Waals surface area (Å²) in [6.07, 6.45) is 0.678. The van der Waals surface area contributed by atoms with E-state index in [9.17, 15) is 4.79 Å². The molecule has 4 heteroatoms. The maximum absolute atomic E-state index is 12.0. The van der Waals surface area contributed by atoms with Gasteiger partial charge in [-0.25, -0.2) is 4.79 Å². The molecular weight excluding hydrogens is 283 g/mol. The van der Waals surface area contributed by atoms with Crippen molar-refractivity contribution in [2.24, 2.45) is 0 Å². The van der Waals surface area contributed by atoms with E-state index in [-0.39, 0.29) is 0 Å². The zero-order valence-corrected chi connectivity index (χ0v) is 11.8. The lowest BCUT2D eigenvalue weighted by Gasteiger charge is -2.11. The Morgan fingerprint density at radius 3 is 2.47 bits per heavy atom. The molecule has 98 valence electrons. The molecule has 0 spiro atoms. The maximum Gasteiger partial charge on any atom is 0.343 e. The zero-order valence-electron chi connectivity index (χ0n) is 10.3. The van der Waals surface area contributed by atoms with Crippen molar-refractivity contribution < 1.29 is 9.53 Å². The first-order valence-corrected chi connectivity index (χ1v) is 6.62. The summed E-state index contributed by atoms with van der Waals surface area (Å²) in [6, 6.07) is 12.1. The van der Waals surface area contributed by atoms with Gasteiger partial charge in [0, 0.05) is 5.02 Å². The third-order valence-electron chi connectivity index (χ3n) is 2.67. The van der Waals surface area contributed by atoms with Crippen LogP contribution in [0.1, 0.15) is 22.8 Å². The van der Waals surface area contributed by atoms with Crippen LogP contribution in [0.5, 0.6) is 5.75 Å². The lowest BCUT2D eigenvalue weighted by Crippen LogP contribution is -2.10. The van der Waals surface area contributed by atoms with Crippen LogP contribution < -0.4 is 4.74 Å². The second-order valence-corrected chi connectivity index (χ2v) is 4.83. The fourth-order valence-electron chi connectivity index (χ4n) is 1.72. The number of rotatable bonds is 3. The van der Waals surface area contributed by atoms with Crippen molar-refractivity contribution >= 4 is 29.2 Å². The van der Waals surface area contributed by atoms with Gasteiger partial charge in [-0.05, 0) is 36.2 Å². The molecule has 0 amide bonds. The molecule has 2 aromatic rings. The summed E-state index contributed by atoms with van der Waals surface area (Å²) in [5, 5.41) is 0.870. The first-order valence-electron chi connectivity index (χ1n) is 5.87. The average molecular weight is 295 g/mol. The summed E-state index contributed by atoms with van der Waals surface area (Å²) in [7, 11) is 0. The molecule has 2 aromatic carbocycles. The van der Waals surface area contributed by atoms with Gasteiger partial charge in [-0.2, -0.15) is 0 Å². The number of ether oxygens (including phenoxy) is 1. The van der Waals surface area contributed by atoms with Crippen LogP contribution in [-0.2, 0) is 6.42 Å². The summed E-state index contributed by atoms with van der Waals surface area (Å²) in [5.74, 6) is -0.0538. The van der Waals surface area contributed by atoms with Gasteiger partial charge >= 0.3 is 5.97 Å². The lowest BCUT2D eigenvalue weighted by atomic mass is 10.1. The topological polar surface area (TPSA) is 26.3 Å². The largest absolute Gasteiger partial charge is 0.421 e. The molecule has 2 rings (SSSR count). The van der Waals surface area contributed by atoms with Gasteiger partial charge in [-0.15, -0.1) is 0 Å². The van der Waals surface area contributed by atoms with Crippen LogP contribution in [0.2, 0.25) is 10.0 Å². The highest BCUT2D eigenvalue weighted by atomic mass is 35.5. The molecule has 0 radical (unpaired) electrons. The summed E-state index contributed by atoms with van der Waals surface area (Å²) in [5.41, 5.74) is 1.29. The predicted octanol–water partition coefficient (Wildman–Crippen LogP) is 4.78. The Kier molecular flexibility index (Phi) is 4.46. The third-order valence-corrected chi connectivity index (χ3v) is 3.17. The first kappa shape index (κ1) is 13.9. The van der Waals surface area contributed by atoms with Gasteiger partial charge in [0.1, 0.15) is 0 Å². The Morgan fingerprint density at radius 2 is 1.84 bits per heavy atom. The summed E-state index contributed by atoms with van der Waals surface area (Å²) >= 11 is 12.0. The van der Waals surface area contributed by atoms with Crippen molar-refractivity contribution in [2.75, 3.05) is 0 Å². The SMILES string of the molecule is CCc1cc(Cl)cc(Cl)c1OC(=O)c1ccccc1. The summed E-state index contributed by atoms with van der Waals surface area (Å²) < 4.78 is 5.38. The number of carbonyl (C=O) groups excluding carboxylic acids is 1. The monoisotopic (exact) mass is 294 g/mol. The van der Waals surface area contributed by atoms with Gasteiger partial charge < -0.3 is 4.74 Å². The van der Waals surface area contributed by atoms with E-state index in [0.29, 0.717) is 27.8 Å². The fraction of sp³-hybridized carbons (Fsp3) is 0.133. The van der Waals surface area contributed by atoms with E-state index >= 15 is 0 Å². The standard InChI is InChI=1S/C15H12Cl2O2/c1-2-10-8-12(16)9-13(17)14(10)19-15(18)11-6-4-3-5-7-11/h3-9H,2H2,1H3. The number of esters is 1. The van der Waals surface area contributed by atoms with Crippen LogP contribution in [0.15, 0.2) is 42.5 Å². The van der Waals surface area contributed by atoms with E-state index in [1.807, 2.05) is 13.0 Å². The number of carbonyl (C=O) groups is 1. The van der Waals surface area contributed by atoms with Crippen molar-refractivity contribution in [3.8, 4) is 5.75 Å². The Bertz CT molecular complexity index is 595. The van der Waals surface area contributed by atoms with E-state index in [1.54, 1.807) is 36.4 Å². The number of halogens is 2. The van der Waals surface area contributed by atoms with Crippen molar-refractivity contribution in [2.45, 2.75) is 13.3 Å². The van der Waals surface area contributed by atoms with E-state index in [4.69, 9.17) is 27.9 Å². The van der Waals surface area contributed by atoms with Crippen molar-refractivity contribution in [3.05, 3.63) is 63.6 Å². The van der Waals surface area contributed by atoms with Gasteiger partial charge in [0.05, 0.1) is 10.6 Å². The average Bonchev–Trinajstić information content (AvgIpc) is 2.42. The highest BCUT2D eigenvalue weighted by Crippen LogP contribution is 2.33. The molecule has 0 unspecified atom stereocenters. The second-order valence-electron chi connectivity index (χ2n) is 3.98. The molecule has 0 fully saturated rings. The number of benzene rings is 2. The van der Waals surface area contributed by atoms with Gasteiger partial charge in [0.15, 0.2) is 5.75 Å². The van der Waals surface area contributed by atoms with Gasteiger partial charge in [-0.3, -0.25) is 0 Å². The van der Waals surface area contributed by atoms with Crippen molar-refractivity contribution in [1.82, 2.24) is 0 Å². The molecule has 0 heterocycles. The molecule has 0 atom stereocenters. The minimum Gasteiger partial charge on any atom is -0.421 e. The van der Waals surface area contributed by atoms with E-state index in [2.05, 4.69) is 0 Å². The maximum atomic E-state index is 12.0. The number of hydrogen-bond donors (Lipinski definition) is 0. The van der Waals surface area contributed by atoms with Crippen LogP contribution in [0.25, 0.3) is 0 Å². The second kappa shape index (κ2) is 6.09. The van der Waals surface area contributed by atoms with E-state index < -0.39 is 5.97 Å². The van der Waals surface area contributed by atoms with E-state index in [1.165, 1.54) is 0 Å². The van der Waals surface area contributed by atoms with Crippen molar-refractivity contribution in [1.29, 1.82) is 0 Å². The molecule has 0 saturated heterocycles. The molecule has 0 saturated carbocycles. The smallest absolute Gasteiger partial charge is 0.343 e. The molecule has 0 aliphatic heterocycles. The quantitative estimate of drug-likeness (QED) is 0.602. The third kappa shape index (κ3) is 3.28. The van der Waals surface area contributed by atoms with Gasteiger partial charge in [-0.1, -0.05) is 48.3 Å².